The fraction of sp³-hybridized carbons (Fsp3) is 0. The van der Waals surface area contributed by atoms with Gasteiger partial charge in [-0.2, -0.15) is 0 Å². The van der Waals surface area contributed by atoms with Crippen molar-refractivity contribution in [2.45, 2.75) is 0 Å². The molecule has 1 aliphatic carbocycles. The van der Waals surface area contributed by atoms with Gasteiger partial charge >= 0.3 is 233 Å². The van der Waals surface area contributed by atoms with Crippen LogP contribution in [-0.4, -0.2) is 34.4 Å². The molecular formula is C14H2N2O8Rb4. The van der Waals surface area contributed by atoms with Crippen molar-refractivity contribution in [2.75, 3.05) is 0 Å². The number of aromatic carboxylic acids is 2. The van der Waals surface area contributed by atoms with E-state index in [1.807, 2.05) is 0 Å². The summed E-state index contributed by atoms with van der Waals surface area (Å²) in [5.41, 5.74) is -4.53. The summed E-state index contributed by atoms with van der Waals surface area (Å²) in [4.78, 5) is 52.1. The number of hydrogen-bond acceptors (Lipinski definition) is 10. The van der Waals surface area contributed by atoms with Crippen LogP contribution in [0.4, 0.5) is 0 Å². The Labute approximate surface area is 352 Å². The number of allylic oxidation sites excluding steroid dienone is 3. The number of carbonyl (C=O) groups is 4. The number of rotatable bonds is 3. The zero-order valence-electron chi connectivity index (χ0n) is 15.3. The Kier molecular flexibility index (Phi) is 16.7. The standard InChI is InChI=1S/C14H6N2O8.4Rb/c17-10-4-2-6(14(23)24)15-8(4)7-3(12(19)20)1-5(13(21)22)16-9(7)11(10)18;;;;/h1-2,17H,(H,19,20)(H,21,22)(H,23,24);;;;/q;4*+1/p-4. The molecule has 0 saturated carbocycles. The van der Waals surface area contributed by atoms with Crippen molar-refractivity contribution >= 4 is 29.4 Å². The van der Waals surface area contributed by atoms with Crippen molar-refractivity contribution in [3.05, 3.63) is 51.7 Å². The molecule has 2 heterocycles. The van der Waals surface area contributed by atoms with Gasteiger partial charge < -0.3 is 34.8 Å². The molecule has 28 heavy (non-hydrogen) atoms. The van der Waals surface area contributed by atoms with E-state index in [4.69, 9.17) is 0 Å². The molecule has 14 heteroatoms. The second-order valence-corrected chi connectivity index (χ2v) is 4.70. The minimum absolute atomic E-state index is 0. The Morgan fingerprint density at radius 2 is 1.46 bits per heavy atom. The monoisotopic (exact) mass is 666 g/mol. The van der Waals surface area contributed by atoms with Gasteiger partial charge in [0, 0.05) is 11.1 Å². The van der Waals surface area contributed by atoms with E-state index >= 15 is 0 Å². The fourth-order valence-corrected chi connectivity index (χ4v) is 2.33. The normalized spacial score (nSPS) is 13.2. The SMILES string of the molecule is O=C([O-])C1=CC2=C([O-])C(=O)c3nc(C(=O)[O-])cc(C(=O)[O-])c3C2=N1.[Rb+].[Rb+].[Rb+].[Rb+]. The van der Waals surface area contributed by atoms with Crippen LogP contribution in [0.15, 0.2) is 34.2 Å². The first-order chi connectivity index (χ1) is 11.2. The molecule has 0 radical (unpaired) electrons. The minimum Gasteiger partial charge on any atom is -0.869 e. The smallest absolute Gasteiger partial charge is 0.869 e. The van der Waals surface area contributed by atoms with E-state index < -0.39 is 68.9 Å². The van der Waals surface area contributed by atoms with Crippen molar-refractivity contribution in [1.82, 2.24) is 4.98 Å². The van der Waals surface area contributed by atoms with E-state index in [0.717, 1.165) is 6.08 Å². The molecule has 1 aliphatic heterocycles. The van der Waals surface area contributed by atoms with Gasteiger partial charge in [-0.15, -0.1) is 0 Å². The van der Waals surface area contributed by atoms with E-state index in [1.54, 1.807) is 0 Å². The van der Waals surface area contributed by atoms with Crippen molar-refractivity contribution in [3.63, 3.8) is 0 Å². The van der Waals surface area contributed by atoms with Crippen molar-refractivity contribution < 1.29 is 272 Å². The molecule has 0 bridgehead atoms. The number of nitrogens with zero attached hydrogens (tertiary/aromatic N) is 2. The summed E-state index contributed by atoms with van der Waals surface area (Å²) < 4.78 is 0. The Hall–Kier alpha value is 3.40. The van der Waals surface area contributed by atoms with E-state index in [9.17, 15) is 39.6 Å². The number of aliphatic imine (C=N–C) groups is 1. The molecule has 1 aromatic rings. The van der Waals surface area contributed by atoms with Crippen LogP contribution in [0.3, 0.4) is 0 Å². The molecule has 0 amide bonds. The summed E-state index contributed by atoms with van der Waals surface area (Å²) in [5, 5.41) is 45.1. The quantitative estimate of drug-likeness (QED) is 0.302. The molecule has 120 valence electrons. The zero-order valence-corrected chi connectivity index (χ0v) is 35.0. The van der Waals surface area contributed by atoms with Crippen LogP contribution in [-0.2, 0) is 4.79 Å². The number of carbonyl (C=O) groups excluding carboxylic acids is 4. The fourth-order valence-electron chi connectivity index (χ4n) is 2.33. The van der Waals surface area contributed by atoms with Gasteiger partial charge in [0.25, 0.3) is 0 Å². The molecule has 2 aliphatic rings. The van der Waals surface area contributed by atoms with Gasteiger partial charge in [0.05, 0.1) is 35.0 Å². The Morgan fingerprint density at radius 1 is 0.893 bits per heavy atom. The molecule has 1 aromatic heterocycles. The molecule has 0 aromatic carbocycles. The number of ketones is 1. The number of hydrogen-bond donors (Lipinski definition) is 0. The Balaban J connectivity index is 0. The minimum atomic E-state index is -1.88. The number of fused-ring (bicyclic) bond motifs is 3. The van der Waals surface area contributed by atoms with Crippen LogP contribution in [0.2, 0.25) is 0 Å². The Morgan fingerprint density at radius 3 is 1.93 bits per heavy atom. The van der Waals surface area contributed by atoms with Crippen molar-refractivity contribution in [3.8, 4) is 0 Å². The third-order valence-electron chi connectivity index (χ3n) is 3.33. The van der Waals surface area contributed by atoms with Gasteiger partial charge in [-0.05, 0) is 23.5 Å². The van der Waals surface area contributed by atoms with Gasteiger partial charge in [0.2, 0.25) is 0 Å². The summed E-state index contributed by atoms with van der Waals surface area (Å²) >= 11 is 0. The van der Waals surface area contributed by atoms with Crippen molar-refractivity contribution in [1.29, 1.82) is 0 Å². The second kappa shape index (κ2) is 14.0. The molecule has 0 atom stereocenters. The zero-order chi connectivity index (χ0) is 17.8. The number of pyridine rings is 1. The molecule has 10 nitrogen and oxygen atoms in total. The van der Waals surface area contributed by atoms with Crippen LogP contribution >= 0.6 is 0 Å². The van der Waals surface area contributed by atoms with Crippen LogP contribution in [0.1, 0.15) is 36.9 Å². The first-order valence-corrected chi connectivity index (χ1v) is 6.18. The van der Waals surface area contributed by atoms with E-state index in [-0.39, 0.29) is 233 Å². The van der Waals surface area contributed by atoms with Crippen LogP contribution in [0, 0.1) is 0 Å². The summed E-state index contributed by atoms with van der Waals surface area (Å²) in [6.45, 7) is 0. The second-order valence-electron chi connectivity index (χ2n) is 4.70. The number of carboxylic acids is 3. The van der Waals surface area contributed by atoms with Gasteiger partial charge in [-0.3, -0.25) is 4.79 Å². The predicted octanol–water partition coefficient (Wildman–Crippen LogP) is -16.9. The summed E-state index contributed by atoms with van der Waals surface area (Å²) in [6, 6.07) is 0.573. The summed E-state index contributed by atoms with van der Waals surface area (Å²) in [7, 11) is 0. The topological polar surface area (TPSA) is 186 Å². The third-order valence-corrected chi connectivity index (χ3v) is 3.33. The third kappa shape index (κ3) is 6.72. The van der Waals surface area contributed by atoms with Gasteiger partial charge in [0.1, 0.15) is 5.69 Å². The molecule has 0 spiro atoms. The number of carboxylic acid groups (broad SMARTS) is 3. The maximum Gasteiger partial charge on any atom is 1.00 e. The average molecular weight is 668 g/mol. The van der Waals surface area contributed by atoms with Gasteiger partial charge in [-0.25, -0.2) is 9.98 Å². The van der Waals surface area contributed by atoms with E-state index in [1.165, 1.54) is 0 Å². The molecule has 0 fully saturated rings. The van der Waals surface area contributed by atoms with Gasteiger partial charge in [0.15, 0.2) is 5.78 Å². The molecule has 3 rings (SSSR count). The van der Waals surface area contributed by atoms with Crippen LogP contribution in [0.5, 0.6) is 0 Å². The number of Topliss-reactive ketones (excluding diaryl/α,β-unsaturated/α-hetero) is 1. The first kappa shape index (κ1) is 33.6. The summed E-state index contributed by atoms with van der Waals surface area (Å²) in [6.07, 6.45) is 0.763. The maximum atomic E-state index is 12.1. The van der Waals surface area contributed by atoms with Gasteiger partial charge in [-0.1, -0.05) is 0 Å². The largest absolute Gasteiger partial charge is 1.00 e. The number of aromatic nitrogens is 1. The van der Waals surface area contributed by atoms with Crippen LogP contribution in [0.25, 0.3) is 0 Å². The van der Waals surface area contributed by atoms with E-state index in [0.29, 0.717) is 6.07 Å². The first-order valence-electron chi connectivity index (χ1n) is 6.18. The molecule has 0 saturated heterocycles. The van der Waals surface area contributed by atoms with Crippen molar-refractivity contribution in [2.24, 2.45) is 4.99 Å². The van der Waals surface area contributed by atoms with Crippen LogP contribution < -0.4 is 253 Å². The van der Waals surface area contributed by atoms with E-state index in [2.05, 4.69) is 9.98 Å². The molecular weight excluding hydrogens is 666 g/mol. The average Bonchev–Trinajstić information content (AvgIpc) is 2.96. The molecule has 0 N–H and O–H groups in total. The number of aliphatic carboxylic acids is 1. The Bertz CT molecular complexity index is 984. The predicted molar refractivity (Wildman–Crippen MR) is 63.9 cm³/mol. The maximum absolute atomic E-state index is 12.1. The summed E-state index contributed by atoms with van der Waals surface area (Å²) in [5.74, 6) is -8.01. The molecule has 0 unspecified atom stereocenters.